The molecule has 0 unspecified atom stereocenters. The van der Waals surface area contributed by atoms with Gasteiger partial charge in [0.1, 0.15) is 0 Å². The van der Waals surface area contributed by atoms with Gasteiger partial charge in [0, 0.05) is 9.06 Å². The van der Waals surface area contributed by atoms with Crippen molar-refractivity contribution in [2.75, 3.05) is 0 Å². The van der Waals surface area contributed by atoms with Crippen molar-refractivity contribution in [2.24, 2.45) is 0 Å². The minimum Gasteiger partial charge on any atom is -0.251 e. The Bertz CT molecular complexity index is 297. The van der Waals surface area contributed by atoms with Crippen LogP contribution in [-0.4, -0.2) is 20.4 Å². The average Bonchev–Trinajstić information content (AvgIpc) is 2.26. The van der Waals surface area contributed by atoms with Gasteiger partial charge in [-0.1, -0.05) is 51.4 Å². The first-order valence-electron chi connectivity index (χ1n) is 4.99. The molecule has 1 aliphatic rings. The van der Waals surface area contributed by atoms with E-state index in [0.717, 1.165) is 0 Å². The van der Waals surface area contributed by atoms with Crippen molar-refractivity contribution in [3.05, 3.63) is 21.2 Å². The molecular formula is C10H20OSSi2. The molecule has 14 heavy (non-hydrogen) atoms. The molecule has 0 saturated carbocycles. The molecule has 0 aromatic heterocycles. The van der Waals surface area contributed by atoms with Gasteiger partial charge in [-0.2, -0.15) is 0 Å². The highest BCUT2D eigenvalue weighted by Crippen LogP contribution is 2.32. The van der Waals surface area contributed by atoms with E-state index in [4.69, 9.17) is 0 Å². The zero-order valence-electron chi connectivity index (χ0n) is 9.97. The molecule has 0 bridgehead atoms. The Balaban J connectivity index is 2.96. The third-order valence-electron chi connectivity index (χ3n) is 2.26. The van der Waals surface area contributed by atoms with E-state index in [9.17, 15) is 4.21 Å². The first-order chi connectivity index (χ1) is 6.14. The highest BCUT2D eigenvalue weighted by atomic mass is 32.2. The second kappa shape index (κ2) is 3.57. The van der Waals surface area contributed by atoms with Gasteiger partial charge < -0.3 is 0 Å². The van der Waals surface area contributed by atoms with Crippen molar-refractivity contribution < 1.29 is 4.21 Å². The van der Waals surface area contributed by atoms with Crippen LogP contribution in [0, 0.1) is 0 Å². The molecule has 0 aliphatic carbocycles. The second-order valence-corrected chi connectivity index (χ2v) is 18.0. The Hall–Kier alpha value is 0.0638. The van der Waals surface area contributed by atoms with Crippen LogP contribution in [0.5, 0.6) is 0 Å². The van der Waals surface area contributed by atoms with Crippen LogP contribution in [0.1, 0.15) is 0 Å². The fourth-order valence-electron chi connectivity index (χ4n) is 1.45. The molecule has 1 aliphatic heterocycles. The van der Waals surface area contributed by atoms with Crippen LogP contribution in [-0.2, 0) is 10.8 Å². The summed E-state index contributed by atoms with van der Waals surface area (Å²) >= 11 is 0. The van der Waals surface area contributed by atoms with Gasteiger partial charge in [0.25, 0.3) is 0 Å². The van der Waals surface area contributed by atoms with Gasteiger partial charge in [0.15, 0.2) is 0 Å². The van der Waals surface area contributed by atoms with Crippen molar-refractivity contribution >= 4 is 26.9 Å². The van der Waals surface area contributed by atoms with Crippen molar-refractivity contribution in [3.8, 4) is 0 Å². The summed E-state index contributed by atoms with van der Waals surface area (Å²) in [4.78, 5) is 0. The molecule has 0 spiro atoms. The van der Waals surface area contributed by atoms with E-state index in [0.29, 0.717) is 0 Å². The summed E-state index contributed by atoms with van der Waals surface area (Å²) in [7, 11) is -3.55. The van der Waals surface area contributed by atoms with Crippen LogP contribution >= 0.6 is 0 Å². The molecule has 80 valence electrons. The maximum absolute atomic E-state index is 12.2. The Morgan fingerprint density at radius 1 is 0.857 bits per heavy atom. The molecule has 0 radical (unpaired) electrons. The van der Waals surface area contributed by atoms with E-state index < -0.39 is 26.9 Å². The second-order valence-electron chi connectivity index (χ2n) is 5.83. The highest BCUT2D eigenvalue weighted by molar-refractivity contribution is 7.98. The summed E-state index contributed by atoms with van der Waals surface area (Å²) in [6, 6.07) is 0. The lowest BCUT2D eigenvalue weighted by molar-refractivity contribution is 0.692. The van der Waals surface area contributed by atoms with E-state index in [1.807, 2.05) is 0 Å². The van der Waals surface area contributed by atoms with E-state index in [1.54, 1.807) is 0 Å². The van der Waals surface area contributed by atoms with Crippen LogP contribution in [0.4, 0.5) is 0 Å². The Morgan fingerprint density at radius 2 is 1.14 bits per heavy atom. The van der Waals surface area contributed by atoms with E-state index in [-0.39, 0.29) is 0 Å². The maximum Gasteiger partial charge on any atom is 0.0895 e. The number of allylic oxidation sites excluding steroid dienone is 2. The molecule has 0 fully saturated rings. The summed E-state index contributed by atoms with van der Waals surface area (Å²) in [6.45, 7) is 13.6. The van der Waals surface area contributed by atoms with Gasteiger partial charge >= 0.3 is 0 Å². The average molecular weight is 245 g/mol. The third-order valence-corrected chi connectivity index (χ3v) is 11.4. The first kappa shape index (κ1) is 12.1. The van der Waals surface area contributed by atoms with Gasteiger partial charge in [-0.3, -0.25) is 4.21 Å². The minimum atomic E-state index is -1.38. The topological polar surface area (TPSA) is 17.1 Å². The summed E-state index contributed by atoms with van der Waals surface area (Å²) in [5.41, 5.74) is 0. The van der Waals surface area contributed by atoms with E-state index >= 15 is 0 Å². The number of hydrogen-bond donors (Lipinski definition) is 0. The summed E-state index contributed by atoms with van der Waals surface area (Å²) in [5.74, 6) is 0. The smallest absolute Gasteiger partial charge is 0.0895 e. The fraction of sp³-hybridized carbons (Fsp3) is 0.600. The zero-order valence-corrected chi connectivity index (χ0v) is 12.8. The largest absolute Gasteiger partial charge is 0.251 e. The van der Waals surface area contributed by atoms with Crippen LogP contribution in [0.15, 0.2) is 21.2 Å². The molecular weight excluding hydrogens is 224 g/mol. The normalized spacial score (nSPS) is 19.6. The molecule has 0 aromatic rings. The molecule has 0 amide bonds. The van der Waals surface area contributed by atoms with Crippen molar-refractivity contribution in [2.45, 2.75) is 39.3 Å². The van der Waals surface area contributed by atoms with Crippen LogP contribution in [0.3, 0.4) is 0 Å². The van der Waals surface area contributed by atoms with Crippen LogP contribution in [0.2, 0.25) is 39.3 Å². The molecule has 0 aromatic carbocycles. The first-order valence-corrected chi connectivity index (χ1v) is 13.1. The lowest BCUT2D eigenvalue weighted by Gasteiger charge is -2.22. The molecule has 4 heteroatoms. The Labute approximate surface area is 91.8 Å². The Kier molecular flexibility index (Phi) is 3.10. The van der Waals surface area contributed by atoms with Crippen molar-refractivity contribution in [3.63, 3.8) is 0 Å². The van der Waals surface area contributed by atoms with E-state index in [2.05, 4.69) is 51.4 Å². The quantitative estimate of drug-likeness (QED) is 0.681. The molecule has 0 N–H and O–H groups in total. The molecule has 0 saturated heterocycles. The van der Waals surface area contributed by atoms with Crippen molar-refractivity contribution in [1.29, 1.82) is 0 Å². The van der Waals surface area contributed by atoms with Crippen LogP contribution < -0.4 is 0 Å². The van der Waals surface area contributed by atoms with Gasteiger partial charge in [0.05, 0.1) is 26.9 Å². The lowest BCUT2D eigenvalue weighted by Crippen LogP contribution is -2.31. The highest BCUT2D eigenvalue weighted by Gasteiger charge is 2.34. The SMILES string of the molecule is C[Si](C)(C)C1=CC=C([Si](C)(C)C)S1=O. The Morgan fingerprint density at radius 3 is 1.29 bits per heavy atom. The standard InChI is InChI=1S/C10H20OSSi2/c1-13(2,3)9-7-8-10(12(9)11)14(4,5)6/h7-8H,1-6H3. The lowest BCUT2D eigenvalue weighted by atomic mass is 10.6. The van der Waals surface area contributed by atoms with Crippen molar-refractivity contribution in [1.82, 2.24) is 0 Å². The van der Waals surface area contributed by atoms with E-state index in [1.165, 1.54) is 9.06 Å². The fourth-order valence-corrected chi connectivity index (χ4v) is 8.65. The summed E-state index contributed by atoms with van der Waals surface area (Å²) in [5, 5.41) is 0. The van der Waals surface area contributed by atoms with Crippen LogP contribution in [0.25, 0.3) is 0 Å². The summed E-state index contributed by atoms with van der Waals surface area (Å²) in [6.07, 6.45) is 4.24. The zero-order chi connectivity index (χ0) is 11.1. The molecule has 0 atom stereocenters. The predicted molar refractivity (Wildman–Crippen MR) is 71.0 cm³/mol. The molecule has 1 heterocycles. The summed E-state index contributed by atoms with van der Waals surface area (Å²) < 4.78 is 14.7. The maximum atomic E-state index is 12.2. The van der Waals surface area contributed by atoms with Gasteiger partial charge in [-0.05, 0) is 0 Å². The number of hydrogen-bond acceptors (Lipinski definition) is 1. The number of rotatable bonds is 2. The predicted octanol–water partition coefficient (Wildman–Crippen LogP) is 3.27. The van der Waals surface area contributed by atoms with Gasteiger partial charge in [-0.15, -0.1) is 0 Å². The van der Waals surface area contributed by atoms with Gasteiger partial charge in [-0.25, -0.2) is 0 Å². The van der Waals surface area contributed by atoms with Gasteiger partial charge in [0.2, 0.25) is 0 Å². The third kappa shape index (κ3) is 2.35. The molecule has 1 rings (SSSR count). The minimum absolute atomic E-state index is 0.792. The monoisotopic (exact) mass is 244 g/mol. The molecule has 1 nitrogen and oxygen atoms in total.